The van der Waals surface area contributed by atoms with Gasteiger partial charge in [0.15, 0.2) is 0 Å². The van der Waals surface area contributed by atoms with E-state index in [2.05, 4.69) is 35.3 Å². The van der Waals surface area contributed by atoms with Crippen molar-refractivity contribution in [3.63, 3.8) is 0 Å². The molecule has 0 saturated heterocycles. The van der Waals surface area contributed by atoms with Crippen molar-refractivity contribution >= 4 is 15.0 Å². The van der Waals surface area contributed by atoms with E-state index in [-0.39, 0.29) is 0 Å². The van der Waals surface area contributed by atoms with Gasteiger partial charge in [0.05, 0.1) is 0 Å². The van der Waals surface area contributed by atoms with Gasteiger partial charge in [-0.15, -0.1) is 0 Å². The predicted octanol–water partition coefficient (Wildman–Crippen LogP) is -0.0885. The summed E-state index contributed by atoms with van der Waals surface area (Å²) in [4.78, 5) is 2.24. The Kier molecular flexibility index (Phi) is 1.95. The van der Waals surface area contributed by atoms with Crippen LogP contribution in [0.1, 0.15) is 0 Å². The molecular weight excluding hydrogens is 167 g/mol. The normalized spacial score (nSPS) is 18.6. The van der Waals surface area contributed by atoms with E-state index >= 15 is 0 Å². The van der Waals surface area contributed by atoms with Crippen molar-refractivity contribution in [1.29, 1.82) is 0 Å². The van der Waals surface area contributed by atoms with Gasteiger partial charge in [-0.25, -0.2) is 0 Å². The molecule has 0 unspecified atom stereocenters. The van der Waals surface area contributed by atoms with Gasteiger partial charge in [-0.1, -0.05) is 0 Å². The molecule has 0 N–H and O–H groups in total. The van der Waals surface area contributed by atoms with Crippen molar-refractivity contribution in [1.82, 2.24) is 10.0 Å². The first-order chi connectivity index (χ1) is 3.80. The number of nitrogens with zero attached hydrogens (tertiary/aromatic N) is 2. The molecular formula is C5H10N2Se. The van der Waals surface area contributed by atoms with Crippen LogP contribution in [0.4, 0.5) is 0 Å². The van der Waals surface area contributed by atoms with Crippen molar-refractivity contribution in [3.05, 3.63) is 11.2 Å². The van der Waals surface area contributed by atoms with Crippen LogP contribution in [0.15, 0.2) is 11.2 Å². The minimum absolute atomic E-state index is 0.726. The molecule has 46 valence electrons. The van der Waals surface area contributed by atoms with Crippen LogP contribution in [0.5, 0.6) is 0 Å². The van der Waals surface area contributed by atoms with Gasteiger partial charge in [0.25, 0.3) is 0 Å². The van der Waals surface area contributed by atoms with E-state index < -0.39 is 0 Å². The third-order valence-corrected chi connectivity index (χ3v) is 2.58. The topological polar surface area (TPSA) is 6.48 Å². The van der Waals surface area contributed by atoms with Crippen LogP contribution in [0.25, 0.3) is 0 Å². The first kappa shape index (κ1) is 6.14. The van der Waals surface area contributed by atoms with Crippen molar-refractivity contribution in [2.24, 2.45) is 0 Å². The third kappa shape index (κ3) is 1.25. The quantitative estimate of drug-likeness (QED) is 0.516. The van der Waals surface area contributed by atoms with Gasteiger partial charge < -0.3 is 0 Å². The van der Waals surface area contributed by atoms with Crippen molar-refractivity contribution in [2.75, 3.05) is 19.5 Å². The van der Waals surface area contributed by atoms with E-state index in [4.69, 9.17) is 0 Å². The van der Waals surface area contributed by atoms with Crippen LogP contribution < -0.4 is 0 Å². The molecule has 0 saturated carbocycles. The molecule has 3 heteroatoms. The summed E-state index contributed by atoms with van der Waals surface area (Å²) in [7, 11) is 4.12. The van der Waals surface area contributed by atoms with Crippen LogP contribution in [0, 0.1) is 0 Å². The van der Waals surface area contributed by atoms with Crippen LogP contribution >= 0.6 is 0 Å². The molecule has 0 radical (unpaired) electrons. The van der Waals surface area contributed by atoms with Crippen LogP contribution in [0.3, 0.4) is 0 Å². The summed E-state index contributed by atoms with van der Waals surface area (Å²) >= 11 is 0.726. The average molecular weight is 177 g/mol. The van der Waals surface area contributed by atoms with E-state index in [0.29, 0.717) is 0 Å². The molecule has 0 atom stereocenters. The van der Waals surface area contributed by atoms with Crippen molar-refractivity contribution in [3.8, 4) is 0 Å². The van der Waals surface area contributed by atoms with Gasteiger partial charge in [0.2, 0.25) is 0 Å². The molecule has 8 heavy (non-hydrogen) atoms. The molecule has 0 aromatic carbocycles. The zero-order valence-electron chi connectivity index (χ0n) is 5.16. The van der Waals surface area contributed by atoms with Gasteiger partial charge in [0.1, 0.15) is 0 Å². The summed E-state index contributed by atoms with van der Waals surface area (Å²) in [6.45, 7) is 0. The minimum atomic E-state index is 0.726. The standard InChI is InChI=1S/C5H10N2Se/c1-6(2)7-3-4-8-5-7/h3-4H,5H2,1-2H3. The number of hydrogen-bond donors (Lipinski definition) is 0. The SMILES string of the molecule is CN(C)N1C=C[Se]C1. The van der Waals surface area contributed by atoms with Crippen LogP contribution in [-0.4, -0.2) is 44.5 Å². The maximum absolute atomic E-state index is 2.24. The van der Waals surface area contributed by atoms with E-state index in [9.17, 15) is 0 Å². The summed E-state index contributed by atoms with van der Waals surface area (Å²) in [5.41, 5.74) is 1.21. The second-order valence-corrected chi connectivity index (χ2v) is 3.68. The summed E-state index contributed by atoms with van der Waals surface area (Å²) in [6.07, 6.45) is 2.14. The van der Waals surface area contributed by atoms with Crippen molar-refractivity contribution < 1.29 is 0 Å². The molecule has 0 fully saturated rings. The zero-order chi connectivity index (χ0) is 5.98. The monoisotopic (exact) mass is 178 g/mol. The molecule has 0 spiro atoms. The third-order valence-electron chi connectivity index (χ3n) is 1.05. The summed E-state index contributed by atoms with van der Waals surface area (Å²) < 4.78 is 0. The fourth-order valence-corrected chi connectivity index (χ4v) is 2.17. The van der Waals surface area contributed by atoms with Crippen LogP contribution in [-0.2, 0) is 0 Å². The number of hydrazine groups is 1. The Bertz CT molecular complexity index is 101. The molecule has 0 aromatic heterocycles. The fourth-order valence-electron chi connectivity index (χ4n) is 0.525. The van der Waals surface area contributed by atoms with E-state index in [0.717, 1.165) is 15.0 Å². The Morgan fingerprint density at radius 3 is 2.62 bits per heavy atom. The van der Waals surface area contributed by atoms with Crippen molar-refractivity contribution in [2.45, 2.75) is 0 Å². The Morgan fingerprint density at radius 1 is 1.62 bits per heavy atom. The van der Waals surface area contributed by atoms with Gasteiger partial charge >= 0.3 is 55.7 Å². The fraction of sp³-hybridized carbons (Fsp3) is 0.600. The molecule has 0 bridgehead atoms. The predicted molar refractivity (Wildman–Crippen MR) is 35.3 cm³/mol. The second kappa shape index (κ2) is 2.53. The molecule has 2 nitrogen and oxygen atoms in total. The summed E-state index contributed by atoms with van der Waals surface area (Å²) in [5.74, 6) is 0. The second-order valence-electron chi connectivity index (χ2n) is 1.87. The Hall–Kier alpha value is 0.0195. The molecule has 1 aliphatic rings. The van der Waals surface area contributed by atoms with Crippen LogP contribution in [0.2, 0.25) is 0 Å². The molecule has 0 aliphatic carbocycles. The molecule has 0 aromatic rings. The van der Waals surface area contributed by atoms with Gasteiger partial charge in [-0.2, -0.15) is 0 Å². The van der Waals surface area contributed by atoms with Gasteiger partial charge in [0, 0.05) is 0 Å². The maximum atomic E-state index is 2.24. The Labute approximate surface area is 56.3 Å². The molecule has 1 heterocycles. The molecule has 0 amide bonds. The summed E-state index contributed by atoms with van der Waals surface area (Å²) in [5, 5.41) is 4.31. The number of hydrogen-bond acceptors (Lipinski definition) is 2. The first-order valence-corrected chi connectivity index (χ1v) is 4.73. The van der Waals surface area contributed by atoms with Gasteiger partial charge in [-0.3, -0.25) is 0 Å². The average Bonchev–Trinajstić information content (AvgIpc) is 2.12. The van der Waals surface area contributed by atoms with E-state index in [1.807, 2.05) is 0 Å². The molecule has 1 rings (SSSR count). The zero-order valence-corrected chi connectivity index (χ0v) is 6.88. The molecule has 1 aliphatic heterocycles. The van der Waals surface area contributed by atoms with E-state index in [1.54, 1.807) is 0 Å². The summed E-state index contributed by atoms with van der Waals surface area (Å²) in [6, 6.07) is 0. The number of rotatable bonds is 1. The first-order valence-electron chi connectivity index (χ1n) is 2.53. The Morgan fingerprint density at radius 2 is 2.38 bits per heavy atom. The van der Waals surface area contributed by atoms with Gasteiger partial charge in [-0.05, 0) is 0 Å². The Balaban J connectivity index is 2.36. The van der Waals surface area contributed by atoms with E-state index in [1.165, 1.54) is 5.44 Å².